The van der Waals surface area contributed by atoms with Gasteiger partial charge < -0.3 is 9.42 Å². The van der Waals surface area contributed by atoms with Crippen molar-refractivity contribution in [2.24, 2.45) is 0 Å². The van der Waals surface area contributed by atoms with E-state index in [9.17, 15) is 4.79 Å². The summed E-state index contributed by atoms with van der Waals surface area (Å²) in [6, 6.07) is 1.86. The third kappa shape index (κ3) is 1.78. The van der Waals surface area contributed by atoms with E-state index in [0.29, 0.717) is 17.9 Å². The normalized spacial score (nSPS) is 20.5. The molecule has 0 bridgehead atoms. The van der Waals surface area contributed by atoms with Crippen molar-refractivity contribution in [1.82, 2.24) is 10.1 Å². The number of piperidine rings is 1. The molecule has 0 saturated carbocycles. The first-order valence-electron chi connectivity index (χ1n) is 5.36. The van der Waals surface area contributed by atoms with Gasteiger partial charge in [-0.05, 0) is 26.2 Å². The number of likely N-dealkylation sites (tertiary alicyclic amines) is 1. The van der Waals surface area contributed by atoms with E-state index in [1.807, 2.05) is 0 Å². The average molecular weight is 219 g/mol. The van der Waals surface area contributed by atoms with E-state index >= 15 is 0 Å². The predicted molar refractivity (Wildman–Crippen MR) is 55.5 cm³/mol. The monoisotopic (exact) mass is 219 g/mol. The van der Waals surface area contributed by atoms with Gasteiger partial charge in [0, 0.05) is 6.54 Å². The Morgan fingerprint density at radius 2 is 2.50 bits per heavy atom. The fourth-order valence-electron chi connectivity index (χ4n) is 1.97. The van der Waals surface area contributed by atoms with Gasteiger partial charge in [0.15, 0.2) is 0 Å². The van der Waals surface area contributed by atoms with Gasteiger partial charge in [-0.25, -0.2) is 0 Å². The van der Waals surface area contributed by atoms with E-state index in [4.69, 9.17) is 9.78 Å². The number of aryl methyl sites for hydroxylation is 1. The van der Waals surface area contributed by atoms with E-state index < -0.39 is 0 Å². The Balaban J connectivity index is 2.21. The van der Waals surface area contributed by atoms with Crippen molar-refractivity contribution < 1.29 is 9.32 Å². The molecule has 0 N–H and O–H groups in total. The summed E-state index contributed by atoms with van der Waals surface area (Å²) in [6.45, 7) is 2.34. The summed E-state index contributed by atoms with van der Waals surface area (Å²) in [5, 5.41) is 12.6. The second-order valence-electron chi connectivity index (χ2n) is 3.93. The molecule has 84 valence electrons. The highest BCUT2D eigenvalue weighted by Crippen LogP contribution is 2.20. The largest absolute Gasteiger partial charge is 0.361 e. The minimum Gasteiger partial charge on any atom is -0.361 e. The fraction of sp³-hybridized carbons (Fsp3) is 0.545. The van der Waals surface area contributed by atoms with Crippen molar-refractivity contribution in [1.29, 1.82) is 5.26 Å². The van der Waals surface area contributed by atoms with Crippen molar-refractivity contribution in [3.05, 3.63) is 17.5 Å². The molecule has 0 radical (unpaired) electrons. The average Bonchev–Trinajstić information content (AvgIpc) is 2.74. The molecule has 1 fully saturated rings. The first kappa shape index (κ1) is 10.7. The Hall–Kier alpha value is -1.83. The van der Waals surface area contributed by atoms with E-state index in [1.165, 1.54) is 6.20 Å². The van der Waals surface area contributed by atoms with Gasteiger partial charge in [0.25, 0.3) is 5.91 Å². The van der Waals surface area contributed by atoms with Crippen LogP contribution in [0.5, 0.6) is 0 Å². The Morgan fingerprint density at radius 1 is 1.69 bits per heavy atom. The second kappa shape index (κ2) is 4.35. The van der Waals surface area contributed by atoms with Crippen molar-refractivity contribution in [3.8, 4) is 6.07 Å². The zero-order valence-corrected chi connectivity index (χ0v) is 9.14. The van der Waals surface area contributed by atoms with Crippen molar-refractivity contribution in [3.63, 3.8) is 0 Å². The molecule has 2 heterocycles. The van der Waals surface area contributed by atoms with Gasteiger partial charge in [-0.3, -0.25) is 4.79 Å². The Kier molecular flexibility index (Phi) is 2.91. The molecule has 5 nitrogen and oxygen atoms in total. The Bertz CT molecular complexity index is 433. The fourth-order valence-corrected chi connectivity index (χ4v) is 1.97. The molecule has 16 heavy (non-hydrogen) atoms. The molecular weight excluding hydrogens is 206 g/mol. The smallest absolute Gasteiger partial charge is 0.260 e. The summed E-state index contributed by atoms with van der Waals surface area (Å²) in [4.78, 5) is 13.7. The minimum absolute atomic E-state index is 0.148. The van der Waals surface area contributed by atoms with Crippen LogP contribution in [0, 0.1) is 18.3 Å². The number of nitriles is 1. The van der Waals surface area contributed by atoms with Gasteiger partial charge >= 0.3 is 0 Å². The number of nitrogens with zero attached hydrogens (tertiary/aromatic N) is 3. The summed E-state index contributed by atoms with van der Waals surface area (Å²) in [6.07, 6.45) is 4.13. The quantitative estimate of drug-likeness (QED) is 0.717. The predicted octanol–water partition coefficient (Wildman–Crippen LogP) is 1.50. The number of rotatable bonds is 1. The SMILES string of the molecule is Cc1oncc1C(=O)N1CCCCC1C#N. The Labute approximate surface area is 93.6 Å². The molecule has 1 aromatic rings. The zero-order chi connectivity index (χ0) is 11.5. The van der Waals surface area contributed by atoms with E-state index in [1.54, 1.807) is 11.8 Å². The zero-order valence-electron chi connectivity index (χ0n) is 9.14. The van der Waals surface area contributed by atoms with Crippen LogP contribution >= 0.6 is 0 Å². The minimum atomic E-state index is -0.310. The van der Waals surface area contributed by atoms with Gasteiger partial charge in [-0.15, -0.1) is 0 Å². The van der Waals surface area contributed by atoms with Crippen LogP contribution in [0.4, 0.5) is 0 Å². The maximum absolute atomic E-state index is 12.1. The lowest BCUT2D eigenvalue weighted by Crippen LogP contribution is -2.43. The molecule has 1 saturated heterocycles. The van der Waals surface area contributed by atoms with E-state index in [0.717, 1.165) is 19.3 Å². The summed E-state index contributed by atoms with van der Waals surface area (Å²) in [5.74, 6) is 0.359. The topological polar surface area (TPSA) is 70.1 Å². The van der Waals surface area contributed by atoms with Gasteiger partial charge in [-0.2, -0.15) is 5.26 Å². The van der Waals surface area contributed by atoms with Crippen molar-refractivity contribution in [2.75, 3.05) is 6.54 Å². The van der Waals surface area contributed by atoms with Crippen molar-refractivity contribution >= 4 is 5.91 Å². The number of carbonyl (C=O) groups is 1. The molecule has 0 spiro atoms. The van der Waals surface area contributed by atoms with Crippen LogP contribution in [0.25, 0.3) is 0 Å². The van der Waals surface area contributed by atoms with Crippen LogP contribution in [-0.2, 0) is 0 Å². The van der Waals surface area contributed by atoms with Crippen LogP contribution in [0.1, 0.15) is 35.4 Å². The molecule has 0 aromatic carbocycles. The number of hydrogen-bond acceptors (Lipinski definition) is 4. The van der Waals surface area contributed by atoms with Crippen LogP contribution in [0.3, 0.4) is 0 Å². The molecule has 0 aliphatic carbocycles. The standard InChI is InChI=1S/C11H13N3O2/c1-8-10(7-13-16-8)11(15)14-5-3-2-4-9(14)6-12/h7,9H,2-5H2,1H3. The third-order valence-corrected chi connectivity index (χ3v) is 2.89. The molecule has 1 atom stereocenters. The lowest BCUT2D eigenvalue weighted by molar-refractivity contribution is 0.0669. The van der Waals surface area contributed by atoms with Crippen LogP contribution in [-0.4, -0.2) is 28.6 Å². The van der Waals surface area contributed by atoms with Gasteiger partial charge in [0.1, 0.15) is 17.4 Å². The molecule has 1 aliphatic heterocycles. The first-order chi connectivity index (χ1) is 7.74. The van der Waals surface area contributed by atoms with E-state index in [-0.39, 0.29) is 11.9 Å². The highest BCUT2D eigenvalue weighted by molar-refractivity contribution is 5.95. The summed E-state index contributed by atoms with van der Waals surface area (Å²) in [5.41, 5.74) is 0.460. The summed E-state index contributed by atoms with van der Waals surface area (Å²) in [7, 11) is 0. The summed E-state index contributed by atoms with van der Waals surface area (Å²) < 4.78 is 4.86. The Morgan fingerprint density at radius 3 is 3.12 bits per heavy atom. The number of amides is 1. The van der Waals surface area contributed by atoms with Gasteiger partial charge in [0.05, 0.1) is 12.3 Å². The number of carbonyl (C=O) groups excluding carboxylic acids is 1. The molecule has 1 aromatic heterocycles. The van der Waals surface area contributed by atoms with Gasteiger partial charge in [0.2, 0.25) is 0 Å². The lowest BCUT2D eigenvalue weighted by Gasteiger charge is -2.31. The first-order valence-corrected chi connectivity index (χ1v) is 5.36. The van der Waals surface area contributed by atoms with Crippen LogP contribution < -0.4 is 0 Å². The lowest BCUT2D eigenvalue weighted by atomic mass is 10.0. The molecule has 1 unspecified atom stereocenters. The van der Waals surface area contributed by atoms with Gasteiger partial charge in [-0.1, -0.05) is 5.16 Å². The molecule has 1 amide bonds. The summed E-state index contributed by atoms with van der Waals surface area (Å²) >= 11 is 0. The third-order valence-electron chi connectivity index (χ3n) is 2.89. The highest BCUT2D eigenvalue weighted by atomic mass is 16.5. The van der Waals surface area contributed by atoms with Crippen molar-refractivity contribution in [2.45, 2.75) is 32.2 Å². The van der Waals surface area contributed by atoms with Crippen LogP contribution in [0.15, 0.2) is 10.7 Å². The molecule has 1 aliphatic rings. The maximum Gasteiger partial charge on any atom is 0.260 e. The molecule has 5 heteroatoms. The molecular formula is C11H13N3O2. The highest BCUT2D eigenvalue weighted by Gasteiger charge is 2.29. The maximum atomic E-state index is 12.1. The molecule has 2 rings (SSSR count). The number of aromatic nitrogens is 1. The van der Waals surface area contributed by atoms with E-state index in [2.05, 4.69) is 11.2 Å². The number of hydrogen-bond donors (Lipinski definition) is 0. The second-order valence-corrected chi connectivity index (χ2v) is 3.93. The van der Waals surface area contributed by atoms with Crippen LogP contribution in [0.2, 0.25) is 0 Å².